The molecular weight excluding hydrogens is 552 g/mol. The molecule has 0 spiro atoms. The number of carbonyl (C=O) groups is 3. The van der Waals surface area contributed by atoms with Crippen molar-refractivity contribution in [2.45, 2.75) is 20.0 Å². The first-order valence-electron chi connectivity index (χ1n) is 11.8. The molecule has 4 amide bonds. The molecule has 0 atom stereocenters. The maximum Gasteiger partial charge on any atom is 0.335 e. The molecule has 3 aromatic rings. The fourth-order valence-corrected chi connectivity index (χ4v) is 4.80. The number of halogens is 1. The Hall–Kier alpha value is -4.37. The molecule has 8 nitrogen and oxygen atoms in total. The van der Waals surface area contributed by atoms with E-state index in [0.717, 1.165) is 21.6 Å². The number of benzene rings is 3. The third-order valence-corrected chi connectivity index (χ3v) is 6.62. The van der Waals surface area contributed by atoms with Crippen LogP contribution >= 0.6 is 15.9 Å². The van der Waals surface area contributed by atoms with E-state index in [4.69, 9.17) is 14.2 Å². The Kier molecular flexibility index (Phi) is 7.02. The Labute approximate surface area is 227 Å². The number of rotatable bonds is 7. The number of hydrogen-bond acceptors (Lipinski definition) is 6. The average Bonchev–Trinajstić information content (AvgIpc) is 3.35. The fraction of sp³-hybridized carbons (Fsp3) is 0.138. The second kappa shape index (κ2) is 10.5. The standard InChI is InChI=1S/C29H23BrN2O6/c1-3-4-20-11-19(13-23(30)26(20)36-15-18-7-10-24-25(14-18)38-16-37-24)12-22-27(33)31-29(35)32(28(22)34)21-8-5-17(2)6-9-21/h3,5-14H,1,4,15-16H2,2H3,(H,31,33,35)/b22-12+. The van der Waals surface area contributed by atoms with Gasteiger partial charge in [0.1, 0.15) is 17.9 Å². The molecule has 38 heavy (non-hydrogen) atoms. The van der Waals surface area contributed by atoms with Gasteiger partial charge in [0.25, 0.3) is 11.8 Å². The highest BCUT2D eigenvalue weighted by atomic mass is 79.9. The normalized spacial score (nSPS) is 15.6. The molecule has 5 rings (SSSR count). The molecule has 2 aliphatic heterocycles. The maximum absolute atomic E-state index is 13.2. The predicted molar refractivity (Wildman–Crippen MR) is 145 cm³/mol. The summed E-state index contributed by atoms with van der Waals surface area (Å²) in [7, 11) is 0. The first-order valence-corrected chi connectivity index (χ1v) is 12.6. The zero-order valence-corrected chi connectivity index (χ0v) is 22.0. The molecule has 0 unspecified atom stereocenters. The Bertz CT molecular complexity index is 1500. The van der Waals surface area contributed by atoms with Crippen molar-refractivity contribution < 1.29 is 28.6 Å². The number of amides is 4. The minimum absolute atomic E-state index is 0.157. The number of nitrogens with one attached hydrogen (secondary N) is 1. The lowest BCUT2D eigenvalue weighted by Crippen LogP contribution is -2.54. The van der Waals surface area contributed by atoms with E-state index >= 15 is 0 Å². The van der Waals surface area contributed by atoms with Gasteiger partial charge in [0, 0.05) is 0 Å². The number of carbonyl (C=O) groups excluding carboxylic acids is 3. The minimum atomic E-state index is -0.790. The summed E-state index contributed by atoms with van der Waals surface area (Å²) in [6, 6.07) is 15.3. The maximum atomic E-state index is 13.2. The number of anilines is 1. The van der Waals surface area contributed by atoms with Crippen molar-refractivity contribution in [3.05, 3.63) is 99.6 Å². The molecule has 0 aromatic heterocycles. The summed E-state index contributed by atoms with van der Waals surface area (Å²) in [6.07, 6.45) is 3.69. The molecule has 0 saturated carbocycles. The van der Waals surface area contributed by atoms with E-state index in [1.165, 1.54) is 6.08 Å². The number of aryl methyl sites for hydroxylation is 1. The van der Waals surface area contributed by atoms with Gasteiger partial charge in [0.2, 0.25) is 6.79 Å². The van der Waals surface area contributed by atoms with Crippen LogP contribution < -0.4 is 24.4 Å². The molecule has 2 aliphatic rings. The van der Waals surface area contributed by atoms with E-state index < -0.39 is 17.8 Å². The fourth-order valence-electron chi connectivity index (χ4n) is 4.16. The quantitative estimate of drug-likeness (QED) is 0.229. The van der Waals surface area contributed by atoms with Crippen molar-refractivity contribution in [3.63, 3.8) is 0 Å². The van der Waals surface area contributed by atoms with Gasteiger partial charge in [-0.05, 0) is 88.4 Å². The summed E-state index contributed by atoms with van der Waals surface area (Å²) in [5.74, 6) is 0.524. The molecule has 0 aliphatic carbocycles. The molecular formula is C29H23BrN2O6. The predicted octanol–water partition coefficient (Wildman–Crippen LogP) is 5.46. The van der Waals surface area contributed by atoms with Crippen LogP contribution in [0.3, 0.4) is 0 Å². The Morgan fingerprint density at radius 3 is 2.58 bits per heavy atom. The molecule has 1 fully saturated rings. The number of barbiturate groups is 1. The van der Waals surface area contributed by atoms with Gasteiger partial charge in [-0.1, -0.05) is 29.8 Å². The van der Waals surface area contributed by atoms with E-state index in [9.17, 15) is 14.4 Å². The van der Waals surface area contributed by atoms with Crippen molar-refractivity contribution in [2.75, 3.05) is 11.7 Å². The number of fused-ring (bicyclic) bond motifs is 1. The lowest BCUT2D eigenvalue weighted by Gasteiger charge is -2.26. The van der Waals surface area contributed by atoms with E-state index in [1.54, 1.807) is 36.4 Å². The Morgan fingerprint density at radius 2 is 1.82 bits per heavy atom. The van der Waals surface area contributed by atoms with Crippen molar-refractivity contribution >= 4 is 45.5 Å². The lowest BCUT2D eigenvalue weighted by molar-refractivity contribution is -0.122. The summed E-state index contributed by atoms with van der Waals surface area (Å²) >= 11 is 3.57. The second-order valence-electron chi connectivity index (χ2n) is 8.75. The van der Waals surface area contributed by atoms with Crippen molar-refractivity contribution in [1.82, 2.24) is 5.32 Å². The highest BCUT2D eigenvalue weighted by Gasteiger charge is 2.36. The lowest BCUT2D eigenvalue weighted by atomic mass is 10.0. The molecule has 3 aromatic carbocycles. The molecule has 2 heterocycles. The van der Waals surface area contributed by atoms with Crippen molar-refractivity contribution in [2.24, 2.45) is 0 Å². The van der Waals surface area contributed by atoms with Crippen LogP contribution in [-0.4, -0.2) is 24.6 Å². The van der Waals surface area contributed by atoms with Crippen LogP contribution in [0.1, 0.15) is 22.3 Å². The van der Waals surface area contributed by atoms with Gasteiger partial charge in [-0.15, -0.1) is 6.58 Å². The van der Waals surface area contributed by atoms with Gasteiger partial charge in [0.05, 0.1) is 10.2 Å². The van der Waals surface area contributed by atoms with Gasteiger partial charge < -0.3 is 14.2 Å². The largest absolute Gasteiger partial charge is 0.487 e. The molecule has 1 N–H and O–H groups in total. The van der Waals surface area contributed by atoms with Gasteiger partial charge in [-0.25, -0.2) is 9.69 Å². The van der Waals surface area contributed by atoms with Crippen LogP contribution in [0.25, 0.3) is 6.08 Å². The van der Waals surface area contributed by atoms with E-state index in [1.807, 2.05) is 31.2 Å². The van der Waals surface area contributed by atoms with Crippen LogP contribution in [0.15, 0.2) is 77.3 Å². The van der Waals surface area contributed by atoms with Gasteiger partial charge in [-0.3, -0.25) is 14.9 Å². The van der Waals surface area contributed by atoms with Crippen molar-refractivity contribution in [3.8, 4) is 17.2 Å². The average molecular weight is 575 g/mol. The third-order valence-electron chi connectivity index (χ3n) is 6.03. The molecule has 9 heteroatoms. The van der Waals surface area contributed by atoms with E-state index in [2.05, 4.69) is 27.8 Å². The highest BCUT2D eigenvalue weighted by molar-refractivity contribution is 9.10. The summed E-state index contributed by atoms with van der Waals surface area (Å²) in [5, 5.41) is 2.25. The summed E-state index contributed by atoms with van der Waals surface area (Å²) in [4.78, 5) is 39.3. The van der Waals surface area contributed by atoms with Gasteiger partial charge in [-0.2, -0.15) is 0 Å². The van der Waals surface area contributed by atoms with E-state index in [-0.39, 0.29) is 19.0 Å². The first-order chi connectivity index (χ1) is 18.3. The van der Waals surface area contributed by atoms with Crippen LogP contribution in [0.2, 0.25) is 0 Å². The summed E-state index contributed by atoms with van der Waals surface area (Å²) < 4.78 is 17.6. The van der Waals surface area contributed by atoms with Crippen LogP contribution in [0.5, 0.6) is 17.2 Å². The number of urea groups is 1. The Morgan fingerprint density at radius 1 is 1.05 bits per heavy atom. The molecule has 0 radical (unpaired) electrons. The molecule has 192 valence electrons. The Balaban J connectivity index is 1.43. The zero-order valence-electron chi connectivity index (χ0n) is 20.5. The smallest absolute Gasteiger partial charge is 0.335 e. The number of nitrogens with zero attached hydrogens (tertiary/aromatic N) is 1. The highest BCUT2D eigenvalue weighted by Crippen LogP contribution is 2.36. The van der Waals surface area contributed by atoms with E-state index in [0.29, 0.717) is 39.4 Å². The first kappa shape index (κ1) is 25.3. The minimum Gasteiger partial charge on any atom is -0.487 e. The monoisotopic (exact) mass is 574 g/mol. The number of imide groups is 2. The second-order valence-corrected chi connectivity index (χ2v) is 9.61. The third kappa shape index (κ3) is 5.05. The number of ether oxygens (including phenoxy) is 3. The SMILES string of the molecule is C=CCc1cc(/C=C2\C(=O)NC(=O)N(c3ccc(C)cc3)C2=O)cc(Br)c1OCc1ccc2c(c1)OCO2. The van der Waals surface area contributed by atoms with Crippen molar-refractivity contribution in [1.29, 1.82) is 0 Å². The number of hydrogen-bond donors (Lipinski definition) is 1. The van der Waals surface area contributed by atoms with Crippen LogP contribution in [-0.2, 0) is 22.6 Å². The summed E-state index contributed by atoms with van der Waals surface area (Å²) in [6.45, 7) is 6.22. The topological polar surface area (TPSA) is 94.2 Å². The summed E-state index contributed by atoms with van der Waals surface area (Å²) in [5.41, 5.74) is 3.49. The zero-order chi connectivity index (χ0) is 26.8. The van der Waals surface area contributed by atoms with Gasteiger partial charge >= 0.3 is 6.03 Å². The van der Waals surface area contributed by atoms with Crippen LogP contribution in [0.4, 0.5) is 10.5 Å². The number of allylic oxidation sites excluding steroid dienone is 1. The molecule has 0 bridgehead atoms. The molecule has 1 saturated heterocycles. The van der Waals surface area contributed by atoms with Crippen LogP contribution in [0, 0.1) is 6.92 Å². The van der Waals surface area contributed by atoms with Gasteiger partial charge in [0.15, 0.2) is 11.5 Å².